The number of benzene rings is 1. The Morgan fingerprint density at radius 1 is 1.38 bits per heavy atom. The van der Waals surface area contributed by atoms with Crippen molar-refractivity contribution in [3.63, 3.8) is 0 Å². The summed E-state index contributed by atoms with van der Waals surface area (Å²) < 4.78 is 27.4. The van der Waals surface area contributed by atoms with Crippen LogP contribution in [-0.4, -0.2) is 21.5 Å². The van der Waals surface area contributed by atoms with Crippen molar-refractivity contribution >= 4 is 10.0 Å². The molecule has 1 aromatic rings. The van der Waals surface area contributed by atoms with Crippen molar-refractivity contribution in [2.45, 2.75) is 37.5 Å². The average Bonchev–Trinajstić information content (AvgIpc) is 3.25. The summed E-state index contributed by atoms with van der Waals surface area (Å²) in [5.74, 6) is 6.38. The molecule has 4 nitrogen and oxygen atoms in total. The van der Waals surface area contributed by atoms with Gasteiger partial charge in [0.05, 0.1) is 11.4 Å². The van der Waals surface area contributed by atoms with Crippen molar-refractivity contribution in [2.75, 3.05) is 13.1 Å². The molecule has 0 aromatic heterocycles. The number of rotatable bonds is 6. The third kappa shape index (κ3) is 4.85. The Hall–Kier alpha value is -1.35. The molecule has 0 bridgehead atoms. The lowest BCUT2D eigenvalue weighted by molar-refractivity contribution is 0.572. The van der Waals surface area contributed by atoms with E-state index in [-0.39, 0.29) is 11.4 Å². The number of sulfonamides is 1. The van der Waals surface area contributed by atoms with Crippen LogP contribution in [0.1, 0.15) is 36.8 Å². The number of nitrogens with one attached hydrogen (secondary N) is 1. The molecule has 5 heteroatoms. The highest BCUT2D eigenvalue weighted by Crippen LogP contribution is 2.33. The van der Waals surface area contributed by atoms with E-state index in [2.05, 4.69) is 16.6 Å². The van der Waals surface area contributed by atoms with Gasteiger partial charge in [0, 0.05) is 12.1 Å². The first-order chi connectivity index (χ1) is 10.0. The van der Waals surface area contributed by atoms with Crippen molar-refractivity contribution in [3.8, 4) is 11.8 Å². The third-order valence-corrected chi connectivity index (χ3v) is 5.05. The van der Waals surface area contributed by atoms with Crippen molar-refractivity contribution in [1.82, 2.24) is 4.72 Å². The Kier molecular flexibility index (Phi) is 5.40. The van der Waals surface area contributed by atoms with Crippen LogP contribution in [0, 0.1) is 24.7 Å². The molecule has 114 valence electrons. The quantitative estimate of drug-likeness (QED) is 0.621. The highest BCUT2D eigenvalue weighted by molar-refractivity contribution is 7.89. The van der Waals surface area contributed by atoms with E-state index in [4.69, 9.17) is 5.73 Å². The van der Waals surface area contributed by atoms with Crippen LogP contribution in [0.2, 0.25) is 0 Å². The minimum Gasteiger partial charge on any atom is -0.320 e. The van der Waals surface area contributed by atoms with Gasteiger partial charge in [-0.25, -0.2) is 13.1 Å². The Bertz CT molecular complexity index is 653. The molecule has 0 heterocycles. The SMILES string of the molecule is Cc1ccc(S(=O)(=O)NCCCC2CC2)c(C#CCN)c1. The standard InChI is InChI=1S/C16H22N2O2S/c1-13-6-9-16(15(12-13)5-2-10-17)21(19,20)18-11-3-4-14-7-8-14/h6,9,12,14,18H,3-4,7-8,10-11,17H2,1H3. The summed E-state index contributed by atoms with van der Waals surface area (Å²) in [7, 11) is -3.51. The summed E-state index contributed by atoms with van der Waals surface area (Å²) in [5, 5.41) is 0. The predicted octanol–water partition coefficient (Wildman–Crippen LogP) is 1.77. The first kappa shape index (κ1) is 16.0. The number of aryl methyl sites for hydroxylation is 1. The summed E-state index contributed by atoms with van der Waals surface area (Å²) >= 11 is 0. The van der Waals surface area contributed by atoms with Crippen molar-refractivity contribution in [3.05, 3.63) is 29.3 Å². The van der Waals surface area contributed by atoms with E-state index >= 15 is 0 Å². The van der Waals surface area contributed by atoms with E-state index in [1.807, 2.05) is 6.92 Å². The molecule has 1 fully saturated rings. The van der Waals surface area contributed by atoms with Crippen molar-refractivity contribution in [1.29, 1.82) is 0 Å². The summed E-state index contributed by atoms with van der Waals surface area (Å²) in [6, 6.07) is 5.17. The Balaban J connectivity index is 2.09. The summed E-state index contributed by atoms with van der Waals surface area (Å²) in [6.07, 6.45) is 4.59. The molecule has 0 atom stereocenters. The fourth-order valence-corrected chi connectivity index (χ4v) is 3.42. The van der Waals surface area contributed by atoms with E-state index in [9.17, 15) is 8.42 Å². The molecular weight excluding hydrogens is 284 g/mol. The van der Waals surface area contributed by atoms with E-state index in [0.29, 0.717) is 12.1 Å². The van der Waals surface area contributed by atoms with Crippen LogP contribution < -0.4 is 10.5 Å². The fourth-order valence-electron chi connectivity index (χ4n) is 2.20. The van der Waals surface area contributed by atoms with E-state index < -0.39 is 10.0 Å². The zero-order chi connectivity index (χ0) is 15.3. The molecule has 2 rings (SSSR count). The van der Waals surface area contributed by atoms with Gasteiger partial charge in [0.2, 0.25) is 10.0 Å². The van der Waals surface area contributed by atoms with Crippen LogP contribution in [0.4, 0.5) is 0 Å². The summed E-state index contributed by atoms with van der Waals surface area (Å²) in [4.78, 5) is 0.237. The Labute approximate surface area is 127 Å². The average molecular weight is 306 g/mol. The van der Waals surface area contributed by atoms with Crippen LogP contribution in [0.3, 0.4) is 0 Å². The first-order valence-corrected chi connectivity index (χ1v) is 8.80. The van der Waals surface area contributed by atoms with Gasteiger partial charge in [0.1, 0.15) is 0 Å². The van der Waals surface area contributed by atoms with Gasteiger partial charge < -0.3 is 5.73 Å². The normalized spacial score (nSPS) is 14.6. The zero-order valence-electron chi connectivity index (χ0n) is 12.4. The van der Waals surface area contributed by atoms with Gasteiger partial charge in [-0.15, -0.1) is 0 Å². The minimum atomic E-state index is -3.51. The number of hydrogen-bond donors (Lipinski definition) is 2. The lowest BCUT2D eigenvalue weighted by atomic mass is 10.1. The molecule has 1 saturated carbocycles. The molecule has 0 spiro atoms. The monoisotopic (exact) mass is 306 g/mol. The molecular formula is C16H22N2O2S. The maximum absolute atomic E-state index is 12.4. The zero-order valence-corrected chi connectivity index (χ0v) is 13.2. The van der Waals surface area contributed by atoms with E-state index in [1.165, 1.54) is 12.8 Å². The lowest BCUT2D eigenvalue weighted by Crippen LogP contribution is -2.25. The molecule has 1 aromatic carbocycles. The highest BCUT2D eigenvalue weighted by atomic mass is 32.2. The number of nitrogens with two attached hydrogens (primary N) is 1. The van der Waals surface area contributed by atoms with Crippen LogP contribution in [0.25, 0.3) is 0 Å². The highest BCUT2D eigenvalue weighted by Gasteiger charge is 2.21. The van der Waals surface area contributed by atoms with Crippen LogP contribution in [0.15, 0.2) is 23.1 Å². The molecule has 1 aliphatic carbocycles. The van der Waals surface area contributed by atoms with Gasteiger partial charge in [-0.05, 0) is 43.4 Å². The van der Waals surface area contributed by atoms with Crippen LogP contribution in [-0.2, 0) is 10.0 Å². The second-order valence-corrected chi connectivity index (χ2v) is 7.22. The molecule has 3 N–H and O–H groups in total. The molecule has 0 unspecified atom stereocenters. The van der Waals surface area contributed by atoms with Crippen molar-refractivity contribution in [2.24, 2.45) is 11.7 Å². The van der Waals surface area contributed by atoms with Gasteiger partial charge >= 0.3 is 0 Å². The second kappa shape index (κ2) is 7.08. The molecule has 0 radical (unpaired) electrons. The van der Waals surface area contributed by atoms with Gasteiger partial charge in [-0.3, -0.25) is 0 Å². The first-order valence-electron chi connectivity index (χ1n) is 7.32. The smallest absolute Gasteiger partial charge is 0.241 e. The van der Waals surface area contributed by atoms with E-state index in [0.717, 1.165) is 24.3 Å². The molecule has 0 saturated heterocycles. The maximum Gasteiger partial charge on any atom is 0.241 e. The van der Waals surface area contributed by atoms with Gasteiger partial charge in [-0.1, -0.05) is 30.7 Å². The van der Waals surface area contributed by atoms with Gasteiger partial charge in [-0.2, -0.15) is 0 Å². The molecule has 21 heavy (non-hydrogen) atoms. The Morgan fingerprint density at radius 3 is 2.81 bits per heavy atom. The predicted molar refractivity (Wildman–Crippen MR) is 84.3 cm³/mol. The molecule has 0 aliphatic heterocycles. The molecule has 1 aliphatic rings. The Morgan fingerprint density at radius 2 is 2.14 bits per heavy atom. The second-order valence-electron chi connectivity index (χ2n) is 5.49. The largest absolute Gasteiger partial charge is 0.320 e. The summed E-state index contributed by atoms with van der Waals surface area (Å²) in [6.45, 7) is 2.60. The topological polar surface area (TPSA) is 72.2 Å². The van der Waals surface area contributed by atoms with Gasteiger partial charge in [0.25, 0.3) is 0 Å². The fraction of sp³-hybridized carbons (Fsp3) is 0.500. The van der Waals surface area contributed by atoms with Crippen molar-refractivity contribution < 1.29 is 8.42 Å². The van der Waals surface area contributed by atoms with Crippen LogP contribution >= 0.6 is 0 Å². The van der Waals surface area contributed by atoms with Crippen LogP contribution in [0.5, 0.6) is 0 Å². The molecule has 0 amide bonds. The third-order valence-electron chi connectivity index (χ3n) is 3.53. The maximum atomic E-state index is 12.4. The van der Waals surface area contributed by atoms with Gasteiger partial charge in [0.15, 0.2) is 0 Å². The lowest BCUT2D eigenvalue weighted by Gasteiger charge is -2.09. The number of hydrogen-bond acceptors (Lipinski definition) is 3. The minimum absolute atomic E-state index is 0.211. The van der Waals surface area contributed by atoms with E-state index in [1.54, 1.807) is 18.2 Å². The summed E-state index contributed by atoms with van der Waals surface area (Å²) in [5.41, 5.74) is 6.85.